The molecule has 0 atom stereocenters. The lowest BCUT2D eigenvalue weighted by molar-refractivity contribution is -0.119. The predicted octanol–water partition coefficient (Wildman–Crippen LogP) is 4.69. The van der Waals surface area contributed by atoms with Crippen LogP contribution in [0, 0.1) is 6.92 Å². The summed E-state index contributed by atoms with van der Waals surface area (Å²) in [7, 11) is -4.07. The molecule has 32 heavy (non-hydrogen) atoms. The molecule has 3 aromatic rings. The Bertz CT molecular complexity index is 1190. The minimum Gasteiger partial charge on any atom is -0.491 e. The number of amides is 1. The zero-order chi connectivity index (χ0) is 23.1. The molecule has 1 N–H and O–H groups in total. The van der Waals surface area contributed by atoms with Crippen molar-refractivity contribution in [1.82, 2.24) is 5.32 Å². The van der Waals surface area contributed by atoms with Gasteiger partial charge >= 0.3 is 0 Å². The first-order chi connectivity index (χ1) is 15.3. The predicted molar refractivity (Wildman–Crippen MR) is 127 cm³/mol. The average Bonchev–Trinajstić information content (AvgIpc) is 2.79. The maximum Gasteiger partial charge on any atom is 0.264 e. The second-order valence-corrected chi connectivity index (χ2v) is 9.51. The van der Waals surface area contributed by atoms with Gasteiger partial charge < -0.3 is 10.1 Å². The van der Waals surface area contributed by atoms with E-state index in [0.29, 0.717) is 0 Å². The maximum absolute atomic E-state index is 13.3. The summed E-state index contributed by atoms with van der Waals surface area (Å²) in [6.07, 6.45) is 0. The van der Waals surface area contributed by atoms with Crippen LogP contribution in [0.25, 0.3) is 0 Å². The molecule has 168 valence electrons. The summed E-state index contributed by atoms with van der Waals surface area (Å²) in [6.45, 7) is 1.90. The first kappa shape index (κ1) is 23.9. The Hall–Kier alpha value is -2.74. The largest absolute Gasteiger partial charge is 0.491 e. The lowest BCUT2D eigenvalue weighted by Gasteiger charge is -2.25. The lowest BCUT2D eigenvalue weighted by atomic mass is 10.2. The van der Waals surface area contributed by atoms with E-state index in [9.17, 15) is 13.2 Å². The molecular formula is C23H22Cl2N2O4S. The van der Waals surface area contributed by atoms with Crippen LogP contribution < -0.4 is 14.4 Å². The Morgan fingerprint density at radius 1 is 0.969 bits per heavy atom. The van der Waals surface area contributed by atoms with E-state index in [4.69, 9.17) is 27.9 Å². The molecule has 0 aromatic heterocycles. The zero-order valence-corrected chi connectivity index (χ0v) is 19.6. The van der Waals surface area contributed by atoms with E-state index in [1.54, 1.807) is 30.3 Å². The third-order valence-corrected chi connectivity index (χ3v) is 7.18. The van der Waals surface area contributed by atoms with Crippen LogP contribution in [0.1, 0.15) is 5.56 Å². The number of aryl methyl sites for hydroxylation is 1. The molecule has 0 saturated carbocycles. The van der Waals surface area contributed by atoms with Crippen LogP contribution in [0.15, 0.2) is 77.7 Å². The summed E-state index contributed by atoms with van der Waals surface area (Å²) in [5.74, 6) is 0.217. The van der Waals surface area contributed by atoms with Crippen molar-refractivity contribution in [3.05, 3.63) is 88.4 Å². The standard InChI is InChI=1S/C23H22Cl2N2O4S/c1-17-8-5-6-13-21(17)31-15-14-26-22(28)16-27(20-12-7-11-19(24)23(20)25)32(29,30)18-9-3-2-4-10-18/h2-13H,14-16H2,1H3,(H,26,28). The minimum atomic E-state index is -4.07. The van der Waals surface area contributed by atoms with Crippen LogP contribution in [0.2, 0.25) is 10.0 Å². The molecule has 0 fully saturated rings. The molecule has 0 bridgehead atoms. The second kappa shape index (κ2) is 10.7. The van der Waals surface area contributed by atoms with Gasteiger partial charge in [0.2, 0.25) is 5.91 Å². The molecule has 1 amide bonds. The third-order valence-electron chi connectivity index (χ3n) is 4.59. The number of anilines is 1. The van der Waals surface area contributed by atoms with Crippen molar-refractivity contribution in [2.75, 3.05) is 24.0 Å². The number of halogens is 2. The fourth-order valence-corrected chi connectivity index (χ4v) is 4.86. The molecule has 6 nitrogen and oxygen atoms in total. The summed E-state index contributed by atoms with van der Waals surface area (Å²) in [4.78, 5) is 12.7. The first-order valence-electron chi connectivity index (χ1n) is 9.77. The van der Waals surface area contributed by atoms with Crippen LogP contribution >= 0.6 is 23.2 Å². The van der Waals surface area contributed by atoms with Gasteiger partial charge in [-0.05, 0) is 42.8 Å². The first-order valence-corrected chi connectivity index (χ1v) is 12.0. The van der Waals surface area contributed by atoms with Crippen LogP contribution in [-0.2, 0) is 14.8 Å². The normalized spacial score (nSPS) is 11.1. The molecule has 0 heterocycles. The number of rotatable bonds is 9. The molecule has 0 spiro atoms. The van der Waals surface area contributed by atoms with Crippen LogP contribution in [0.5, 0.6) is 5.75 Å². The number of carbonyl (C=O) groups excluding carboxylic acids is 1. The van der Waals surface area contributed by atoms with E-state index >= 15 is 0 Å². The lowest BCUT2D eigenvalue weighted by Crippen LogP contribution is -2.42. The number of ether oxygens (including phenoxy) is 1. The van der Waals surface area contributed by atoms with E-state index in [2.05, 4.69) is 5.32 Å². The Balaban J connectivity index is 1.75. The molecule has 9 heteroatoms. The monoisotopic (exact) mass is 492 g/mol. The summed E-state index contributed by atoms with van der Waals surface area (Å²) in [6, 6.07) is 20.0. The van der Waals surface area contributed by atoms with Gasteiger partial charge in [-0.1, -0.05) is 65.7 Å². The fraction of sp³-hybridized carbons (Fsp3) is 0.174. The Labute approximate surface area is 197 Å². The number of benzene rings is 3. The van der Waals surface area contributed by atoms with Gasteiger partial charge in [-0.2, -0.15) is 0 Å². The quantitative estimate of drug-likeness (QED) is 0.439. The van der Waals surface area contributed by atoms with Crippen LogP contribution in [0.3, 0.4) is 0 Å². The molecular weight excluding hydrogens is 471 g/mol. The van der Waals surface area contributed by atoms with Crippen molar-refractivity contribution in [1.29, 1.82) is 0 Å². The van der Waals surface area contributed by atoms with Gasteiger partial charge in [-0.25, -0.2) is 8.42 Å². The van der Waals surface area contributed by atoms with Gasteiger partial charge in [-0.15, -0.1) is 0 Å². The van der Waals surface area contributed by atoms with Crippen LogP contribution in [-0.4, -0.2) is 34.0 Å². The Morgan fingerprint density at radius 2 is 1.66 bits per heavy atom. The number of nitrogens with zero attached hydrogens (tertiary/aromatic N) is 1. The fourth-order valence-electron chi connectivity index (χ4n) is 2.96. The molecule has 0 unspecified atom stereocenters. The van der Waals surface area contributed by atoms with Crippen molar-refractivity contribution in [2.45, 2.75) is 11.8 Å². The van der Waals surface area contributed by atoms with E-state index < -0.39 is 22.5 Å². The topological polar surface area (TPSA) is 75.7 Å². The number of para-hydroxylation sites is 1. The van der Waals surface area contributed by atoms with Crippen molar-refractivity contribution < 1.29 is 17.9 Å². The van der Waals surface area contributed by atoms with E-state index in [1.807, 2.05) is 31.2 Å². The van der Waals surface area contributed by atoms with Gasteiger partial charge in [0.05, 0.1) is 27.2 Å². The number of nitrogens with one attached hydrogen (secondary N) is 1. The van der Waals surface area contributed by atoms with Crippen molar-refractivity contribution in [3.8, 4) is 5.75 Å². The van der Waals surface area contributed by atoms with Gasteiger partial charge in [0.15, 0.2) is 0 Å². The van der Waals surface area contributed by atoms with Gasteiger partial charge in [0.1, 0.15) is 18.9 Å². The highest BCUT2D eigenvalue weighted by Gasteiger charge is 2.29. The molecule has 0 aliphatic carbocycles. The highest BCUT2D eigenvalue weighted by Crippen LogP contribution is 2.35. The van der Waals surface area contributed by atoms with Crippen molar-refractivity contribution in [2.24, 2.45) is 0 Å². The van der Waals surface area contributed by atoms with E-state index in [1.165, 1.54) is 18.2 Å². The summed E-state index contributed by atoms with van der Waals surface area (Å²) < 4.78 is 33.2. The highest BCUT2D eigenvalue weighted by molar-refractivity contribution is 7.92. The summed E-state index contributed by atoms with van der Waals surface area (Å²) in [5.41, 5.74) is 1.10. The molecule has 3 rings (SSSR count). The van der Waals surface area contributed by atoms with E-state index in [0.717, 1.165) is 15.6 Å². The highest BCUT2D eigenvalue weighted by atomic mass is 35.5. The zero-order valence-electron chi connectivity index (χ0n) is 17.3. The van der Waals surface area contributed by atoms with Crippen molar-refractivity contribution >= 4 is 44.8 Å². The average molecular weight is 493 g/mol. The molecule has 0 aliphatic heterocycles. The number of carbonyl (C=O) groups is 1. The van der Waals surface area contributed by atoms with E-state index in [-0.39, 0.29) is 33.8 Å². The number of sulfonamides is 1. The third kappa shape index (κ3) is 5.73. The number of hydrogen-bond acceptors (Lipinski definition) is 4. The second-order valence-electron chi connectivity index (χ2n) is 6.86. The Kier molecular flexibility index (Phi) is 8.01. The number of hydrogen-bond donors (Lipinski definition) is 1. The van der Waals surface area contributed by atoms with Gasteiger partial charge in [-0.3, -0.25) is 9.10 Å². The molecule has 0 saturated heterocycles. The smallest absolute Gasteiger partial charge is 0.264 e. The molecule has 3 aromatic carbocycles. The minimum absolute atomic E-state index is 0.0340. The summed E-state index contributed by atoms with van der Waals surface area (Å²) >= 11 is 12.4. The van der Waals surface area contributed by atoms with Gasteiger partial charge in [0, 0.05) is 0 Å². The van der Waals surface area contributed by atoms with Gasteiger partial charge in [0.25, 0.3) is 10.0 Å². The SMILES string of the molecule is Cc1ccccc1OCCNC(=O)CN(c1cccc(Cl)c1Cl)S(=O)(=O)c1ccccc1. The Morgan fingerprint density at radius 3 is 2.38 bits per heavy atom. The van der Waals surface area contributed by atoms with Crippen molar-refractivity contribution in [3.63, 3.8) is 0 Å². The molecule has 0 radical (unpaired) electrons. The van der Waals surface area contributed by atoms with Crippen LogP contribution in [0.4, 0.5) is 5.69 Å². The maximum atomic E-state index is 13.3. The summed E-state index contributed by atoms with van der Waals surface area (Å²) in [5, 5.41) is 2.91. The molecule has 0 aliphatic rings.